The molecular formula is C61H113F2N9O14P2S2. The monoisotopic (exact) mass is 1360 g/mol. The summed E-state index contributed by atoms with van der Waals surface area (Å²) in [4.78, 5) is 77.8. The normalized spacial score (nSPS) is 21.2. The van der Waals surface area contributed by atoms with Gasteiger partial charge in [-0.25, -0.2) is 23.0 Å². The Morgan fingerprint density at radius 1 is 0.733 bits per heavy atom. The number of rotatable bonds is 27. The van der Waals surface area contributed by atoms with Crippen LogP contribution in [-0.4, -0.2) is 185 Å². The zero-order valence-corrected chi connectivity index (χ0v) is 61.6. The summed E-state index contributed by atoms with van der Waals surface area (Å²) in [7, 11) is 0.989. The minimum Gasteiger partial charge on any atom is -0.394 e. The number of carbonyl (C=O) groups excluding carboxylic acids is 4. The van der Waals surface area contributed by atoms with E-state index < -0.39 is 74.0 Å². The minimum atomic E-state index is -1.73. The highest BCUT2D eigenvalue weighted by Gasteiger charge is 2.56. The first kappa shape index (κ1) is 87.0. The van der Waals surface area contributed by atoms with Crippen LogP contribution >= 0.6 is 41.4 Å². The van der Waals surface area contributed by atoms with Gasteiger partial charge in [0.1, 0.15) is 23.8 Å². The Morgan fingerprint density at radius 3 is 1.54 bits per heavy atom. The van der Waals surface area contributed by atoms with Crippen molar-refractivity contribution < 1.29 is 66.2 Å². The summed E-state index contributed by atoms with van der Waals surface area (Å²) in [5, 5.41) is 26.5. The third-order valence-electron chi connectivity index (χ3n) is 12.8. The van der Waals surface area contributed by atoms with E-state index in [1.807, 2.05) is 76.2 Å². The molecule has 4 unspecified atom stereocenters. The molecule has 0 aromatic carbocycles. The van der Waals surface area contributed by atoms with Gasteiger partial charge >= 0.3 is 11.4 Å². The van der Waals surface area contributed by atoms with E-state index in [4.69, 9.17) is 33.1 Å². The minimum absolute atomic E-state index is 0.0387. The van der Waals surface area contributed by atoms with E-state index in [9.17, 15) is 38.3 Å². The Labute approximate surface area is 547 Å². The SMILES string of the molecule is CC(C)(C)C(=O)SCCOCCO.CC(C)N(P)C(C)C.CC(C)NC(C)C.CC[C@H]1O[C@@H](n2ccc(NC(C)=O)nc2=O)[C@@H](F)C1O.CC[C@H]1O[C@](C)(n2ccc(NC(C)=O)nc2=O)[C@@H](F)C1OP(OCCOCCSC(=O)C(C)(C)C)N(C(C)C)C(C)C. The first-order valence-electron chi connectivity index (χ1n) is 30.9. The van der Waals surface area contributed by atoms with E-state index in [1.54, 1.807) is 6.92 Å². The zero-order valence-electron chi connectivity index (χ0n) is 58.0. The lowest BCUT2D eigenvalue weighted by molar-refractivity contribution is -0.118. The maximum absolute atomic E-state index is 16.3. The summed E-state index contributed by atoms with van der Waals surface area (Å²) >= 11 is 2.54. The molecule has 522 valence electrons. The van der Waals surface area contributed by atoms with Gasteiger partial charge in [0.15, 0.2) is 34.5 Å². The van der Waals surface area contributed by atoms with Crippen molar-refractivity contribution in [2.45, 2.75) is 257 Å². The molecule has 0 aliphatic carbocycles. The number of aromatic nitrogens is 4. The number of ether oxygens (including phenoxy) is 4. The molecule has 0 spiro atoms. The number of hydrogen-bond donors (Lipinski definition) is 5. The van der Waals surface area contributed by atoms with Gasteiger partial charge in [0.2, 0.25) is 11.8 Å². The van der Waals surface area contributed by atoms with Crippen molar-refractivity contribution in [1.29, 1.82) is 0 Å². The van der Waals surface area contributed by atoms with E-state index in [0.717, 1.165) is 9.13 Å². The van der Waals surface area contributed by atoms with Crippen molar-refractivity contribution in [2.75, 3.05) is 61.8 Å². The van der Waals surface area contributed by atoms with Crippen molar-refractivity contribution in [1.82, 2.24) is 33.8 Å². The van der Waals surface area contributed by atoms with Crippen LogP contribution in [0, 0.1) is 10.8 Å². The Morgan fingerprint density at radius 2 is 1.19 bits per heavy atom. The fourth-order valence-electron chi connectivity index (χ4n) is 8.43. The van der Waals surface area contributed by atoms with E-state index >= 15 is 4.39 Å². The lowest BCUT2D eigenvalue weighted by Crippen LogP contribution is -2.47. The molecule has 90 heavy (non-hydrogen) atoms. The molecule has 10 atom stereocenters. The number of aliphatic hydroxyl groups excluding tert-OH is 2. The van der Waals surface area contributed by atoms with Gasteiger partial charge in [-0.05, 0) is 87.3 Å². The summed E-state index contributed by atoms with van der Waals surface area (Å²) in [5.41, 5.74) is -3.87. The predicted molar refractivity (Wildman–Crippen MR) is 362 cm³/mol. The maximum atomic E-state index is 16.3. The summed E-state index contributed by atoms with van der Waals surface area (Å²) in [5.74, 6) is 0.625. The smallest absolute Gasteiger partial charge is 0.351 e. The van der Waals surface area contributed by atoms with Crippen LogP contribution in [0.3, 0.4) is 0 Å². The second kappa shape index (κ2) is 43.2. The molecule has 29 heteroatoms. The van der Waals surface area contributed by atoms with Crippen LogP contribution in [0.4, 0.5) is 20.4 Å². The number of aliphatic hydroxyl groups is 2. The van der Waals surface area contributed by atoms with Crippen molar-refractivity contribution in [3.63, 3.8) is 0 Å². The number of hydrogen-bond acceptors (Lipinski definition) is 21. The van der Waals surface area contributed by atoms with Gasteiger partial charge in [0.25, 0.3) is 8.53 Å². The number of nitrogens with zero attached hydrogens (tertiary/aromatic N) is 6. The molecule has 0 saturated carbocycles. The molecule has 0 radical (unpaired) electrons. The third-order valence-corrected chi connectivity index (χ3v) is 18.6. The van der Waals surface area contributed by atoms with Crippen LogP contribution in [0.5, 0.6) is 0 Å². The fourth-order valence-corrected chi connectivity index (χ4v) is 11.8. The molecular weight excluding hydrogens is 1250 g/mol. The molecule has 5 N–H and O–H groups in total. The lowest BCUT2D eigenvalue weighted by atomic mass is 9.99. The number of anilines is 2. The number of halogens is 2. The number of thioether (sulfide) groups is 2. The highest BCUT2D eigenvalue weighted by atomic mass is 32.2. The molecule has 4 heterocycles. The molecule has 2 amide bonds. The molecule has 23 nitrogen and oxygen atoms in total. The largest absolute Gasteiger partial charge is 0.394 e. The summed E-state index contributed by atoms with van der Waals surface area (Å²) in [6, 6.07) is 5.39. The molecule has 0 bridgehead atoms. The first-order valence-corrected chi connectivity index (χ1v) is 34.6. The van der Waals surface area contributed by atoms with Crippen LogP contribution in [0.2, 0.25) is 0 Å². The number of amides is 2. The lowest BCUT2D eigenvalue weighted by Gasteiger charge is -2.37. The standard InChI is InChI=1S/C28H48FN4O7PS.C12H16FN3O4.C9H18O3S.C6H16NP.C6H15N/c1-11-21-23(24(29)28(10,39-21)32-13-12-22(30-20(6)34)31-26(32)36)40-41(33(18(2)3)19(4)5)38-15-14-37-16-17-42-25(35)27(7,8)9;1-3-7-10(18)9(13)11(20-7)16-5-4-8(14-6(2)17)15-12(16)19;1-9(2,3)8(11)13-7-6-12-5-4-10;1-5(2)7(8)6(3)4;1-5(2)7-6(3)4/h12-13,18-19,21,23-24H,11,14-17H2,1-10H3,(H,30,31,34,36);4-5,7,9-11,18H,3H2,1-2H3,(H,14,15,17,19);10H,4-7H2,1-3H3;5-6H,8H2,1-4H3;5-7H,1-4H3/t21-,23?,24+,28+,41?;7-,9+,10?,11-;;;/m11.../s1. The fraction of sp³-hybridized carbons (Fsp3) is 0.803. The van der Waals surface area contributed by atoms with Crippen molar-refractivity contribution in [2.24, 2.45) is 10.8 Å². The third kappa shape index (κ3) is 32.0. The van der Waals surface area contributed by atoms with E-state index in [1.165, 1.54) is 68.8 Å². The van der Waals surface area contributed by atoms with E-state index in [2.05, 4.69) is 100 Å². The maximum Gasteiger partial charge on any atom is 0.351 e. The van der Waals surface area contributed by atoms with Crippen LogP contribution < -0.4 is 27.3 Å². The Balaban J connectivity index is 0.00000134. The van der Waals surface area contributed by atoms with Crippen LogP contribution in [-0.2, 0) is 52.9 Å². The van der Waals surface area contributed by atoms with E-state index in [-0.39, 0.29) is 71.0 Å². The highest BCUT2D eigenvalue weighted by Crippen LogP contribution is 2.52. The van der Waals surface area contributed by atoms with Gasteiger partial charge in [-0.1, -0.05) is 116 Å². The van der Waals surface area contributed by atoms with Crippen molar-refractivity contribution in [3.05, 3.63) is 45.5 Å². The van der Waals surface area contributed by atoms with Crippen LogP contribution in [0.15, 0.2) is 34.1 Å². The van der Waals surface area contributed by atoms with Crippen LogP contribution in [0.1, 0.15) is 178 Å². The second-order valence-electron chi connectivity index (χ2n) is 25.3. The molecule has 2 aromatic rings. The highest BCUT2D eigenvalue weighted by molar-refractivity contribution is 8.14. The summed E-state index contributed by atoms with van der Waals surface area (Å²) < 4.78 is 71.4. The molecule has 2 saturated heterocycles. The average molecular weight is 1360 g/mol. The van der Waals surface area contributed by atoms with Gasteiger partial charge < -0.3 is 54.2 Å². The van der Waals surface area contributed by atoms with E-state index in [0.29, 0.717) is 68.3 Å². The number of nitrogens with one attached hydrogen (secondary N) is 3. The van der Waals surface area contributed by atoms with Crippen LogP contribution in [0.25, 0.3) is 0 Å². The zero-order chi connectivity index (χ0) is 69.6. The molecule has 2 fully saturated rings. The van der Waals surface area contributed by atoms with Gasteiger partial charge in [-0.2, -0.15) is 9.97 Å². The van der Waals surface area contributed by atoms with Gasteiger partial charge in [0.05, 0.1) is 51.8 Å². The topological polar surface area (TPSA) is 276 Å². The van der Waals surface area contributed by atoms with Crippen molar-refractivity contribution >= 4 is 75.1 Å². The summed E-state index contributed by atoms with van der Waals surface area (Å²) in [6.45, 7) is 46.3. The second-order valence-corrected chi connectivity index (χ2v) is 29.4. The number of alkyl halides is 2. The summed E-state index contributed by atoms with van der Waals surface area (Å²) in [6.07, 6.45) is -4.72. The molecule has 2 aliphatic heterocycles. The first-order chi connectivity index (χ1) is 41.6. The quantitative estimate of drug-likeness (QED) is 0.0411. The van der Waals surface area contributed by atoms with Gasteiger partial charge in [0, 0.05) is 84.8 Å². The Kier molecular flexibility index (Phi) is 41.7. The molecule has 2 aliphatic rings. The molecule has 4 rings (SSSR count). The number of carbonyl (C=O) groups is 4. The van der Waals surface area contributed by atoms with Gasteiger partial charge in [-0.15, -0.1) is 0 Å². The average Bonchev–Trinajstić information content (AvgIpc) is 1.59. The predicted octanol–water partition coefficient (Wildman–Crippen LogP) is 9.89. The van der Waals surface area contributed by atoms with Crippen molar-refractivity contribution in [3.8, 4) is 0 Å². The van der Waals surface area contributed by atoms with Gasteiger partial charge in [-0.3, -0.25) is 33.0 Å². The Hall–Kier alpha value is -2.98. The Bertz CT molecular complexity index is 2510. The molecule has 2 aromatic heterocycles.